The van der Waals surface area contributed by atoms with Crippen molar-refractivity contribution in [2.24, 2.45) is 0 Å². The molecule has 1 aromatic heterocycles. The van der Waals surface area contributed by atoms with Gasteiger partial charge in [-0.05, 0) is 56.8 Å². The smallest absolute Gasteiger partial charge is 0.138 e. The van der Waals surface area contributed by atoms with E-state index >= 15 is 0 Å². The summed E-state index contributed by atoms with van der Waals surface area (Å²) in [7, 11) is 2.13. The number of hydrogen-bond acceptors (Lipinski definition) is 5. The van der Waals surface area contributed by atoms with E-state index in [9.17, 15) is 5.11 Å². The molecule has 1 fully saturated rings. The van der Waals surface area contributed by atoms with E-state index in [0.717, 1.165) is 65.8 Å². The summed E-state index contributed by atoms with van der Waals surface area (Å²) >= 11 is 6.01. The summed E-state index contributed by atoms with van der Waals surface area (Å²) < 4.78 is 5.88. The third-order valence-electron chi connectivity index (χ3n) is 5.96. The maximum absolute atomic E-state index is 10.4. The van der Waals surface area contributed by atoms with Crippen molar-refractivity contribution in [1.29, 1.82) is 0 Å². The molecule has 0 saturated carbocycles. The van der Waals surface area contributed by atoms with Crippen molar-refractivity contribution in [3.05, 3.63) is 58.7 Å². The number of aryl methyl sites for hydroxylation is 2. The SMILES string of the molecule is Cc1cc(OCC(O)CN2CCN(C)CC2)ccc1-c1nc(-c2ccc(Cl)cc2)c(C)[nH]1. The van der Waals surface area contributed by atoms with Gasteiger partial charge in [-0.25, -0.2) is 4.98 Å². The summed E-state index contributed by atoms with van der Waals surface area (Å²) in [6.07, 6.45) is -0.506. The highest BCUT2D eigenvalue weighted by Gasteiger charge is 2.18. The molecular formula is C25H31ClN4O2. The van der Waals surface area contributed by atoms with Crippen molar-refractivity contribution in [2.75, 3.05) is 46.4 Å². The maximum atomic E-state index is 10.4. The fourth-order valence-electron chi connectivity index (χ4n) is 4.04. The fourth-order valence-corrected chi connectivity index (χ4v) is 4.17. The minimum absolute atomic E-state index is 0.283. The van der Waals surface area contributed by atoms with Crippen LogP contribution in [-0.2, 0) is 0 Å². The van der Waals surface area contributed by atoms with Crippen LogP contribution in [-0.4, -0.2) is 77.4 Å². The number of benzene rings is 2. The molecular weight excluding hydrogens is 424 g/mol. The molecule has 0 radical (unpaired) electrons. The molecule has 2 heterocycles. The molecule has 1 saturated heterocycles. The van der Waals surface area contributed by atoms with Crippen molar-refractivity contribution in [2.45, 2.75) is 20.0 Å². The zero-order valence-electron chi connectivity index (χ0n) is 18.9. The van der Waals surface area contributed by atoms with Crippen LogP contribution in [0.2, 0.25) is 5.02 Å². The Morgan fingerprint density at radius 2 is 1.81 bits per heavy atom. The number of aliphatic hydroxyl groups is 1. The van der Waals surface area contributed by atoms with Gasteiger partial charge in [0.15, 0.2) is 0 Å². The molecule has 1 aliphatic rings. The molecule has 1 unspecified atom stereocenters. The summed E-state index contributed by atoms with van der Waals surface area (Å²) in [5.41, 5.74) is 5.05. The van der Waals surface area contributed by atoms with Gasteiger partial charge in [0.2, 0.25) is 0 Å². The maximum Gasteiger partial charge on any atom is 0.138 e. The lowest BCUT2D eigenvalue weighted by Crippen LogP contribution is -2.47. The fraction of sp³-hybridized carbons (Fsp3) is 0.400. The third-order valence-corrected chi connectivity index (χ3v) is 6.21. The Bertz CT molecular complexity index is 1040. The number of nitrogens with one attached hydrogen (secondary N) is 1. The van der Waals surface area contributed by atoms with Crippen LogP contribution in [0.25, 0.3) is 22.6 Å². The molecule has 6 nitrogen and oxygen atoms in total. The second-order valence-corrected chi connectivity index (χ2v) is 9.05. The van der Waals surface area contributed by atoms with Gasteiger partial charge in [0.25, 0.3) is 0 Å². The van der Waals surface area contributed by atoms with E-state index in [0.29, 0.717) is 11.6 Å². The first-order valence-corrected chi connectivity index (χ1v) is 11.4. The first-order chi connectivity index (χ1) is 15.4. The number of likely N-dealkylation sites (N-methyl/N-ethyl adjacent to an activating group) is 1. The predicted molar refractivity (Wildman–Crippen MR) is 129 cm³/mol. The number of rotatable bonds is 7. The molecule has 0 aliphatic carbocycles. The van der Waals surface area contributed by atoms with E-state index < -0.39 is 6.10 Å². The Kier molecular flexibility index (Phi) is 7.16. The number of nitrogens with zero attached hydrogens (tertiary/aromatic N) is 3. The number of H-pyrrole nitrogens is 1. The molecule has 0 spiro atoms. The van der Waals surface area contributed by atoms with Crippen LogP contribution in [0.1, 0.15) is 11.3 Å². The normalized spacial score (nSPS) is 16.3. The molecule has 2 N–H and O–H groups in total. The molecule has 2 aromatic carbocycles. The number of piperazine rings is 1. The quantitative estimate of drug-likeness (QED) is 0.565. The Hall–Kier alpha value is -2.38. The van der Waals surface area contributed by atoms with Crippen LogP contribution in [0.4, 0.5) is 0 Å². The minimum Gasteiger partial charge on any atom is -0.491 e. The summed E-state index contributed by atoms with van der Waals surface area (Å²) in [5.74, 6) is 1.58. The first-order valence-electron chi connectivity index (χ1n) is 11.0. The van der Waals surface area contributed by atoms with Gasteiger partial charge >= 0.3 is 0 Å². The van der Waals surface area contributed by atoms with E-state index in [2.05, 4.69) is 21.8 Å². The van der Waals surface area contributed by atoms with E-state index in [-0.39, 0.29) is 6.61 Å². The van der Waals surface area contributed by atoms with Crippen molar-refractivity contribution in [3.63, 3.8) is 0 Å². The molecule has 7 heteroatoms. The van der Waals surface area contributed by atoms with E-state index in [1.165, 1.54) is 0 Å². The molecule has 0 bridgehead atoms. The molecule has 1 aliphatic heterocycles. The number of imidazole rings is 1. The zero-order valence-corrected chi connectivity index (χ0v) is 19.7. The average molecular weight is 455 g/mol. The van der Waals surface area contributed by atoms with Gasteiger partial charge in [-0.3, -0.25) is 4.90 Å². The summed E-state index contributed by atoms with van der Waals surface area (Å²) in [6, 6.07) is 13.7. The van der Waals surface area contributed by atoms with Crippen LogP contribution in [0.5, 0.6) is 5.75 Å². The number of β-amino-alcohol motifs (C(OH)–C–C–N with tert-alkyl or cyclic N) is 1. The van der Waals surface area contributed by atoms with Crippen molar-refractivity contribution in [3.8, 4) is 28.4 Å². The second kappa shape index (κ2) is 10.0. The zero-order chi connectivity index (χ0) is 22.7. The Labute approximate surface area is 194 Å². The molecule has 0 amide bonds. The third kappa shape index (κ3) is 5.51. The highest BCUT2D eigenvalue weighted by molar-refractivity contribution is 6.30. The Balaban J connectivity index is 1.39. The summed E-state index contributed by atoms with van der Waals surface area (Å²) in [6.45, 7) is 9.05. The van der Waals surface area contributed by atoms with Crippen LogP contribution < -0.4 is 4.74 Å². The molecule has 3 aromatic rings. The molecule has 1 atom stereocenters. The average Bonchev–Trinajstić information content (AvgIpc) is 3.16. The van der Waals surface area contributed by atoms with Gasteiger partial charge in [0.1, 0.15) is 24.3 Å². The van der Waals surface area contributed by atoms with E-state index in [1.807, 2.05) is 56.3 Å². The lowest BCUT2D eigenvalue weighted by molar-refractivity contribution is 0.0504. The topological polar surface area (TPSA) is 64.6 Å². The number of aliphatic hydroxyl groups excluding tert-OH is 1. The lowest BCUT2D eigenvalue weighted by Gasteiger charge is -2.33. The molecule has 170 valence electrons. The Morgan fingerprint density at radius 3 is 2.50 bits per heavy atom. The van der Waals surface area contributed by atoms with Gasteiger partial charge in [0.05, 0.1) is 5.69 Å². The number of hydrogen-bond donors (Lipinski definition) is 2. The summed E-state index contributed by atoms with van der Waals surface area (Å²) in [5, 5.41) is 11.1. The molecule has 32 heavy (non-hydrogen) atoms. The standard InChI is InChI=1S/C25H31ClN4O2/c1-17-14-22(32-16-21(31)15-30-12-10-29(3)11-13-30)8-9-23(17)25-27-18(2)24(28-25)19-4-6-20(26)7-5-19/h4-9,14,21,31H,10-13,15-16H2,1-3H3,(H,27,28). The van der Waals surface area contributed by atoms with Crippen molar-refractivity contribution < 1.29 is 9.84 Å². The molecule has 4 rings (SSSR count). The van der Waals surface area contributed by atoms with Crippen LogP contribution in [0, 0.1) is 13.8 Å². The van der Waals surface area contributed by atoms with Gasteiger partial charge in [-0.15, -0.1) is 0 Å². The van der Waals surface area contributed by atoms with Crippen LogP contribution in [0.15, 0.2) is 42.5 Å². The van der Waals surface area contributed by atoms with E-state index in [1.54, 1.807) is 0 Å². The number of ether oxygens (including phenoxy) is 1. The van der Waals surface area contributed by atoms with Gasteiger partial charge in [-0.1, -0.05) is 23.7 Å². The summed E-state index contributed by atoms with van der Waals surface area (Å²) in [4.78, 5) is 12.8. The largest absolute Gasteiger partial charge is 0.491 e. The number of aromatic amines is 1. The highest BCUT2D eigenvalue weighted by Crippen LogP contribution is 2.30. The monoisotopic (exact) mass is 454 g/mol. The van der Waals surface area contributed by atoms with Crippen LogP contribution >= 0.6 is 11.6 Å². The van der Waals surface area contributed by atoms with E-state index in [4.69, 9.17) is 21.3 Å². The van der Waals surface area contributed by atoms with Crippen LogP contribution in [0.3, 0.4) is 0 Å². The first kappa shape index (κ1) is 22.8. The van der Waals surface area contributed by atoms with Gasteiger partial charge < -0.3 is 19.7 Å². The van der Waals surface area contributed by atoms with Gasteiger partial charge in [0, 0.05) is 54.6 Å². The Morgan fingerprint density at radius 1 is 1.09 bits per heavy atom. The number of halogens is 1. The van der Waals surface area contributed by atoms with Crippen molar-refractivity contribution >= 4 is 11.6 Å². The number of aromatic nitrogens is 2. The predicted octanol–water partition coefficient (Wildman–Crippen LogP) is 4.00. The van der Waals surface area contributed by atoms with Gasteiger partial charge in [-0.2, -0.15) is 0 Å². The van der Waals surface area contributed by atoms with Crippen molar-refractivity contribution in [1.82, 2.24) is 19.8 Å². The lowest BCUT2D eigenvalue weighted by atomic mass is 10.1. The minimum atomic E-state index is -0.506. The highest BCUT2D eigenvalue weighted by atomic mass is 35.5. The second-order valence-electron chi connectivity index (χ2n) is 8.61.